The molecule has 16 heavy (non-hydrogen) atoms. The van der Waals surface area contributed by atoms with Gasteiger partial charge in [0, 0.05) is 11.8 Å². The zero-order valence-corrected chi connectivity index (χ0v) is 11.4. The minimum absolute atomic E-state index is 0.588. The number of hydrogen-bond donors (Lipinski definition) is 1. The van der Waals surface area contributed by atoms with E-state index >= 15 is 0 Å². The monoisotopic (exact) mass is 240 g/mol. The van der Waals surface area contributed by atoms with Gasteiger partial charge >= 0.3 is 0 Å². The number of amidine groups is 1. The Kier molecular flexibility index (Phi) is 4.56. The average Bonchev–Trinajstić information content (AvgIpc) is 2.44. The molecule has 0 aromatic heterocycles. The quantitative estimate of drug-likeness (QED) is 0.710. The van der Waals surface area contributed by atoms with Crippen molar-refractivity contribution in [2.75, 3.05) is 5.75 Å². The molecule has 2 fully saturated rings. The van der Waals surface area contributed by atoms with Crippen LogP contribution in [-0.4, -0.2) is 23.0 Å². The van der Waals surface area contributed by atoms with Crippen LogP contribution in [0.25, 0.3) is 0 Å². The standard InChI is InChI=1S/C13H24N2S/c1-10-4-3-5-12(7-6-10)15-13-14-11(2)8-9-16-13/h10-12H,3-9H2,1-2H3,(H,14,15). The maximum Gasteiger partial charge on any atom is 0.157 e. The molecule has 2 rings (SSSR count). The number of hydrogen-bond acceptors (Lipinski definition) is 2. The lowest BCUT2D eigenvalue weighted by Gasteiger charge is -2.23. The van der Waals surface area contributed by atoms with Crippen molar-refractivity contribution in [2.45, 2.75) is 64.5 Å². The van der Waals surface area contributed by atoms with Crippen molar-refractivity contribution in [1.82, 2.24) is 5.32 Å². The molecule has 2 aliphatic rings. The molecule has 0 spiro atoms. The van der Waals surface area contributed by atoms with Crippen LogP contribution in [-0.2, 0) is 0 Å². The number of aliphatic imine (C=N–C) groups is 1. The predicted octanol–water partition coefficient (Wildman–Crippen LogP) is 3.43. The van der Waals surface area contributed by atoms with Gasteiger partial charge in [-0.2, -0.15) is 0 Å². The van der Waals surface area contributed by atoms with Crippen molar-refractivity contribution in [3.63, 3.8) is 0 Å². The highest BCUT2D eigenvalue weighted by Gasteiger charge is 2.18. The number of rotatable bonds is 1. The van der Waals surface area contributed by atoms with Gasteiger partial charge in [0.25, 0.3) is 0 Å². The summed E-state index contributed by atoms with van der Waals surface area (Å²) < 4.78 is 0. The predicted molar refractivity (Wildman–Crippen MR) is 73.1 cm³/mol. The SMILES string of the molecule is CC1CCCC(N=C2NC(C)CCS2)CC1. The van der Waals surface area contributed by atoms with Crippen molar-refractivity contribution in [3.05, 3.63) is 0 Å². The Morgan fingerprint density at radius 3 is 2.81 bits per heavy atom. The Morgan fingerprint density at radius 2 is 2.00 bits per heavy atom. The van der Waals surface area contributed by atoms with Crippen LogP contribution in [0.2, 0.25) is 0 Å². The van der Waals surface area contributed by atoms with Gasteiger partial charge in [-0.05, 0) is 38.5 Å². The normalized spacial score (nSPS) is 39.1. The van der Waals surface area contributed by atoms with E-state index in [0.717, 1.165) is 5.92 Å². The van der Waals surface area contributed by atoms with Gasteiger partial charge in [0.1, 0.15) is 0 Å². The van der Waals surface area contributed by atoms with Gasteiger partial charge in [-0.25, -0.2) is 0 Å². The topological polar surface area (TPSA) is 24.4 Å². The fourth-order valence-corrected chi connectivity index (χ4v) is 3.67. The fourth-order valence-electron chi connectivity index (χ4n) is 2.49. The third-order valence-electron chi connectivity index (χ3n) is 3.69. The van der Waals surface area contributed by atoms with Crippen molar-refractivity contribution in [2.24, 2.45) is 10.9 Å². The lowest BCUT2D eigenvalue weighted by atomic mass is 10.0. The molecule has 1 aliphatic heterocycles. The fraction of sp³-hybridized carbons (Fsp3) is 0.923. The summed E-state index contributed by atoms with van der Waals surface area (Å²) in [5.41, 5.74) is 0. The van der Waals surface area contributed by atoms with Crippen LogP contribution < -0.4 is 5.32 Å². The van der Waals surface area contributed by atoms with Gasteiger partial charge in [-0.3, -0.25) is 4.99 Å². The molecular formula is C13H24N2S. The molecule has 92 valence electrons. The maximum absolute atomic E-state index is 4.91. The highest BCUT2D eigenvalue weighted by Crippen LogP contribution is 2.25. The molecule has 0 radical (unpaired) electrons. The average molecular weight is 240 g/mol. The first kappa shape index (κ1) is 12.3. The Morgan fingerprint density at radius 1 is 1.12 bits per heavy atom. The van der Waals surface area contributed by atoms with Gasteiger partial charge in [-0.1, -0.05) is 31.5 Å². The molecular weight excluding hydrogens is 216 g/mol. The van der Waals surface area contributed by atoms with Crippen molar-refractivity contribution >= 4 is 16.9 Å². The maximum atomic E-state index is 4.91. The van der Waals surface area contributed by atoms with Crippen molar-refractivity contribution in [3.8, 4) is 0 Å². The molecule has 2 nitrogen and oxygen atoms in total. The second kappa shape index (κ2) is 5.95. The number of nitrogens with one attached hydrogen (secondary N) is 1. The van der Waals surface area contributed by atoms with Gasteiger partial charge in [0.05, 0.1) is 6.04 Å². The summed E-state index contributed by atoms with van der Waals surface area (Å²) in [6, 6.07) is 1.20. The van der Waals surface area contributed by atoms with Gasteiger partial charge in [0.2, 0.25) is 0 Å². The highest BCUT2D eigenvalue weighted by molar-refractivity contribution is 8.13. The minimum Gasteiger partial charge on any atom is -0.362 e. The smallest absolute Gasteiger partial charge is 0.157 e. The second-order valence-electron chi connectivity index (χ2n) is 5.38. The largest absolute Gasteiger partial charge is 0.362 e. The van der Waals surface area contributed by atoms with E-state index in [-0.39, 0.29) is 0 Å². The molecule has 3 unspecified atom stereocenters. The summed E-state index contributed by atoms with van der Waals surface area (Å²) in [6.07, 6.45) is 7.99. The highest BCUT2D eigenvalue weighted by atomic mass is 32.2. The number of nitrogens with zero attached hydrogens (tertiary/aromatic N) is 1. The third-order valence-corrected chi connectivity index (χ3v) is 4.62. The van der Waals surface area contributed by atoms with Gasteiger partial charge < -0.3 is 5.32 Å². The van der Waals surface area contributed by atoms with Crippen LogP contribution in [0.4, 0.5) is 0 Å². The van der Waals surface area contributed by atoms with Crippen LogP contribution in [0.3, 0.4) is 0 Å². The molecule has 0 bridgehead atoms. The summed E-state index contributed by atoms with van der Waals surface area (Å²) >= 11 is 1.91. The molecule has 0 aromatic rings. The lowest BCUT2D eigenvalue weighted by molar-refractivity contribution is 0.499. The van der Waals surface area contributed by atoms with E-state index in [1.807, 2.05) is 11.8 Å². The van der Waals surface area contributed by atoms with E-state index in [4.69, 9.17) is 4.99 Å². The Labute approximate surface area is 104 Å². The van der Waals surface area contributed by atoms with E-state index in [1.165, 1.54) is 49.4 Å². The zero-order chi connectivity index (χ0) is 11.4. The number of thioether (sulfide) groups is 1. The second-order valence-corrected chi connectivity index (χ2v) is 6.47. The van der Waals surface area contributed by atoms with Crippen molar-refractivity contribution in [1.29, 1.82) is 0 Å². The molecule has 3 atom stereocenters. The Balaban J connectivity index is 1.89. The van der Waals surface area contributed by atoms with E-state index in [1.54, 1.807) is 0 Å². The van der Waals surface area contributed by atoms with E-state index in [0.29, 0.717) is 12.1 Å². The summed E-state index contributed by atoms with van der Waals surface area (Å²) in [7, 11) is 0. The Bertz CT molecular complexity index is 252. The summed E-state index contributed by atoms with van der Waals surface area (Å²) in [4.78, 5) is 4.91. The molecule has 1 saturated carbocycles. The molecule has 0 amide bonds. The van der Waals surface area contributed by atoms with Gasteiger partial charge in [-0.15, -0.1) is 0 Å². The molecule has 1 N–H and O–H groups in total. The minimum atomic E-state index is 0.588. The van der Waals surface area contributed by atoms with Crippen LogP contribution >= 0.6 is 11.8 Å². The van der Waals surface area contributed by atoms with Crippen LogP contribution in [0.15, 0.2) is 4.99 Å². The van der Waals surface area contributed by atoms with Crippen LogP contribution in [0.1, 0.15) is 52.4 Å². The summed E-state index contributed by atoms with van der Waals surface area (Å²) in [6.45, 7) is 4.63. The van der Waals surface area contributed by atoms with Crippen LogP contribution in [0.5, 0.6) is 0 Å². The molecule has 0 aromatic carbocycles. The van der Waals surface area contributed by atoms with E-state index < -0.39 is 0 Å². The zero-order valence-electron chi connectivity index (χ0n) is 10.5. The Hall–Kier alpha value is -0.180. The van der Waals surface area contributed by atoms with Crippen LogP contribution in [0, 0.1) is 5.92 Å². The van der Waals surface area contributed by atoms with E-state index in [9.17, 15) is 0 Å². The summed E-state index contributed by atoms with van der Waals surface area (Å²) in [5.74, 6) is 2.15. The molecule has 3 heteroatoms. The van der Waals surface area contributed by atoms with E-state index in [2.05, 4.69) is 19.2 Å². The first-order chi connectivity index (χ1) is 7.74. The lowest BCUT2D eigenvalue weighted by Crippen LogP contribution is -2.36. The third kappa shape index (κ3) is 3.69. The summed E-state index contributed by atoms with van der Waals surface area (Å²) in [5, 5.41) is 4.71. The molecule has 1 heterocycles. The first-order valence-corrected chi connectivity index (χ1v) is 7.69. The molecule has 1 saturated heterocycles. The van der Waals surface area contributed by atoms with Crippen molar-refractivity contribution < 1.29 is 0 Å². The molecule has 1 aliphatic carbocycles. The first-order valence-electron chi connectivity index (χ1n) is 6.71. The van der Waals surface area contributed by atoms with Gasteiger partial charge in [0.15, 0.2) is 5.17 Å².